The van der Waals surface area contributed by atoms with Crippen LogP contribution >= 0.6 is 0 Å². The molecular weight excluding hydrogens is 440 g/mol. The molecule has 2 fully saturated rings. The summed E-state index contributed by atoms with van der Waals surface area (Å²) in [4.78, 5) is 24.3. The maximum absolute atomic E-state index is 13.9. The van der Waals surface area contributed by atoms with E-state index in [0.717, 1.165) is 41.5 Å². The van der Waals surface area contributed by atoms with Crippen molar-refractivity contribution in [2.45, 2.75) is 38.8 Å². The van der Waals surface area contributed by atoms with Gasteiger partial charge in [0, 0.05) is 36.5 Å². The normalized spacial score (nSPS) is 20.4. The van der Waals surface area contributed by atoms with Gasteiger partial charge < -0.3 is 19.9 Å². The highest BCUT2D eigenvalue weighted by molar-refractivity contribution is 6.00. The van der Waals surface area contributed by atoms with Crippen LogP contribution in [0.25, 0.3) is 0 Å². The zero-order valence-electron chi connectivity index (χ0n) is 19.4. The van der Waals surface area contributed by atoms with Crippen LogP contribution in [0, 0.1) is 5.92 Å². The molecular formula is C25H31F2N5O2. The van der Waals surface area contributed by atoms with E-state index in [1.165, 1.54) is 0 Å². The molecule has 0 saturated carbocycles. The average molecular weight is 472 g/mol. The number of amides is 1. The van der Waals surface area contributed by atoms with Gasteiger partial charge in [-0.15, -0.1) is 0 Å². The molecule has 0 spiro atoms. The number of ether oxygens (including phenoxy) is 1. The lowest BCUT2D eigenvalue weighted by atomic mass is 9.94. The van der Waals surface area contributed by atoms with Gasteiger partial charge in [0.1, 0.15) is 5.82 Å². The highest BCUT2D eigenvalue weighted by Crippen LogP contribution is 2.39. The number of nitrogens with one attached hydrogen (secondary N) is 1. The molecule has 1 unspecified atom stereocenters. The number of pyridine rings is 1. The van der Waals surface area contributed by atoms with Gasteiger partial charge in [0.15, 0.2) is 0 Å². The summed E-state index contributed by atoms with van der Waals surface area (Å²) in [6.45, 7) is 5.97. The standard InChI is InChI=1S/C25H31F2N5O2/c1-17(23(26)27)30-9-6-18(7-10-30)25(33)32-16-19-3-2-8-28-24(19)29-21-5-4-20(15-22(21)32)31-11-13-34-14-12-31/h2-5,8,15,17-18,23H,6-7,9-14,16H2,1H3,(H,28,29). The summed E-state index contributed by atoms with van der Waals surface area (Å²) in [7, 11) is 0. The minimum absolute atomic E-state index is 0.0447. The number of hydrogen-bond donors (Lipinski definition) is 1. The molecule has 182 valence electrons. The Balaban J connectivity index is 1.43. The van der Waals surface area contributed by atoms with Crippen molar-refractivity contribution in [2.75, 3.05) is 54.5 Å². The number of nitrogens with zero attached hydrogens (tertiary/aromatic N) is 4. The smallest absolute Gasteiger partial charge is 0.253 e. The molecule has 5 rings (SSSR count). The van der Waals surface area contributed by atoms with E-state index >= 15 is 0 Å². The topological polar surface area (TPSA) is 60.9 Å². The van der Waals surface area contributed by atoms with E-state index in [0.29, 0.717) is 45.7 Å². The first-order valence-electron chi connectivity index (χ1n) is 12.0. The number of benzene rings is 1. The third-order valence-electron chi connectivity index (χ3n) is 7.21. The minimum atomic E-state index is -2.38. The van der Waals surface area contributed by atoms with Gasteiger partial charge in [0.2, 0.25) is 5.91 Å². The van der Waals surface area contributed by atoms with Crippen molar-refractivity contribution in [1.29, 1.82) is 0 Å². The number of piperidine rings is 1. The Morgan fingerprint density at radius 2 is 1.91 bits per heavy atom. The van der Waals surface area contributed by atoms with Crippen molar-refractivity contribution in [3.8, 4) is 0 Å². The quantitative estimate of drug-likeness (QED) is 0.731. The number of alkyl halides is 2. The molecule has 34 heavy (non-hydrogen) atoms. The first-order chi connectivity index (χ1) is 16.5. The van der Waals surface area contributed by atoms with Crippen LogP contribution in [0.15, 0.2) is 36.5 Å². The first-order valence-corrected chi connectivity index (χ1v) is 12.0. The molecule has 1 N–H and O–H groups in total. The van der Waals surface area contributed by atoms with Gasteiger partial charge in [-0.25, -0.2) is 13.8 Å². The lowest BCUT2D eigenvalue weighted by Gasteiger charge is -2.37. The summed E-state index contributed by atoms with van der Waals surface area (Å²) in [5, 5.41) is 3.42. The number of hydrogen-bond acceptors (Lipinski definition) is 6. The van der Waals surface area contributed by atoms with Crippen LogP contribution in [-0.4, -0.2) is 67.7 Å². The number of anilines is 4. The Labute approximate surface area is 198 Å². The Morgan fingerprint density at radius 3 is 2.65 bits per heavy atom. The summed E-state index contributed by atoms with van der Waals surface area (Å²) in [5.74, 6) is 0.598. The number of likely N-dealkylation sites (tertiary alicyclic amines) is 1. The second-order valence-electron chi connectivity index (χ2n) is 9.25. The summed E-state index contributed by atoms with van der Waals surface area (Å²) in [5.41, 5.74) is 3.67. The number of fused-ring (bicyclic) bond motifs is 2. The van der Waals surface area contributed by atoms with Gasteiger partial charge in [0.25, 0.3) is 6.43 Å². The monoisotopic (exact) mass is 471 g/mol. The summed E-state index contributed by atoms with van der Waals surface area (Å²) < 4.78 is 31.8. The van der Waals surface area contributed by atoms with Crippen molar-refractivity contribution < 1.29 is 18.3 Å². The fourth-order valence-electron chi connectivity index (χ4n) is 5.06. The van der Waals surface area contributed by atoms with E-state index < -0.39 is 12.5 Å². The molecule has 4 heterocycles. The molecule has 0 bridgehead atoms. The predicted octanol–water partition coefficient (Wildman–Crippen LogP) is 3.87. The second-order valence-corrected chi connectivity index (χ2v) is 9.25. The number of rotatable bonds is 4. The van der Waals surface area contributed by atoms with Gasteiger partial charge in [0.05, 0.1) is 37.2 Å². The molecule has 1 atom stereocenters. The van der Waals surface area contributed by atoms with Crippen molar-refractivity contribution in [1.82, 2.24) is 9.88 Å². The zero-order chi connectivity index (χ0) is 23.7. The fraction of sp³-hybridized carbons (Fsp3) is 0.520. The van der Waals surface area contributed by atoms with Crippen LogP contribution in [0.1, 0.15) is 25.3 Å². The highest BCUT2D eigenvalue weighted by atomic mass is 19.3. The van der Waals surface area contributed by atoms with Crippen LogP contribution in [0.3, 0.4) is 0 Å². The number of morpholine rings is 1. The van der Waals surface area contributed by atoms with Gasteiger partial charge in [-0.2, -0.15) is 0 Å². The lowest BCUT2D eigenvalue weighted by Crippen LogP contribution is -2.47. The minimum Gasteiger partial charge on any atom is -0.378 e. The largest absolute Gasteiger partial charge is 0.378 e. The molecule has 1 aromatic carbocycles. The average Bonchev–Trinajstić information content (AvgIpc) is 3.04. The van der Waals surface area contributed by atoms with Gasteiger partial charge in [-0.1, -0.05) is 6.07 Å². The maximum Gasteiger partial charge on any atom is 0.253 e. The zero-order valence-corrected chi connectivity index (χ0v) is 19.4. The Bertz CT molecular complexity index is 1020. The molecule has 7 nitrogen and oxygen atoms in total. The van der Waals surface area contributed by atoms with Crippen LogP contribution in [-0.2, 0) is 16.1 Å². The maximum atomic E-state index is 13.9. The lowest BCUT2D eigenvalue weighted by molar-refractivity contribution is -0.124. The number of carbonyl (C=O) groups excluding carboxylic acids is 1. The third-order valence-corrected chi connectivity index (χ3v) is 7.21. The third kappa shape index (κ3) is 4.59. The molecule has 2 aromatic rings. The Hall–Kier alpha value is -2.78. The Morgan fingerprint density at radius 1 is 1.15 bits per heavy atom. The van der Waals surface area contributed by atoms with E-state index in [4.69, 9.17) is 4.74 Å². The molecule has 3 aliphatic heterocycles. The first kappa shape index (κ1) is 23.0. The highest BCUT2D eigenvalue weighted by Gasteiger charge is 2.35. The number of carbonyl (C=O) groups is 1. The fourth-order valence-corrected chi connectivity index (χ4v) is 5.06. The molecule has 2 saturated heterocycles. The molecule has 0 aliphatic carbocycles. The second kappa shape index (κ2) is 9.84. The Kier molecular flexibility index (Phi) is 6.65. The molecule has 1 aromatic heterocycles. The van der Waals surface area contributed by atoms with Gasteiger partial charge >= 0.3 is 0 Å². The van der Waals surface area contributed by atoms with Crippen molar-refractivity contribution in [3.05, 3.63) is 42.1 Å². The van der Waals surface area contributed by atoms with Crippen molar-refractivity contribution >= 4 is 28.8 Å². The summed E-state index contributed by atoms with van der Waals surface area (Å²) in [6, 6.07) is 9.23. The van der Waals surface area contributed by atoms with Gasteiger partial charge in [-0.3, -0.25) is 9.69 Å². The SMILES string of the molecule is CC(C(F)F)N1CCC(C(=O)N2Cc3cccnc3Nc3ccc(N4CCOCC4)cc32)CC1. The van der Waals surface area contributed by atoms with E-state index in [-0.39, 0.29) is 11.8 Å². The van der Waals surface area contributed by atoms with Crippen LogP contribution in [0.4, 0.5) is 31.7 Å². The van der Waals surface area contributed by atoms with E-state index in [2.05, 4.69) is 27.3 Å². The molecule has 1 amide bonds. The van der Waals surface area contributed by atoms with E-state index in [9.17, 15) is 13.6 Å². The van der Waals surface area contributed by atoms with Gasteiger partial charge in [-0.05, 0) is 57.1 Å². The number of halogens is 2. The number of aromatic nitrogens is 1. The van der Waals surface area contributed by atoms with Crippen LogP contribution in [0.2, 0.25) is 0 Å². The predicted molar refractivity (Wildman–Crippen MR) is 128 cm³/mol. The van der Waals surface area contributed by atoms with Crippen LogP contribution in [0.5, 0.6) is 0 Å². The molecule has 3 aliphatic rings. The van der Waals surface area contributed by atoms with Crippen LogP contribution < -0.4 is 15.1 Å². The van der Waals surface area contributed by atoms with E-state index in [1.54, 1.807) is 18.0 Å². The summed E-state index contributed by atoms with van der Waals surface area (Å²) >= 11 is 0. The van der Waals surface area contributed by atoms with E-state index in [1.807, 2.05) is 23.1 Å². The summed E-state index contributed by atoms with van der Waals surface area (Å²) in [6.07, 6.45) is 0.528. The van der Waals surface area contributed by atoms with Crippen molar-refractivity contribution in [2.24, 2.45) is 5.92 Å². The molecule has 9 heteroatoms. The van der Waals surface area contributed by atoms with Crippen molar-refractivity contribution in [3.63, 3.8) is 0 Å². The molecule has 0 radical (unpaired) electrons.